The van der Waals surface area contributed by atoms with Crippen molar-refractivity contribution in [1.29, 1.82) is 0 Å². The molecular weight excluding hydrogens is 482 g/mol. The number of imide groups is 1. The number of nitrogens with one attached hydrogen (secondary N) is 1. The number of aromatic nitrogens is 2. The van der Waals surface area contributed by atoms with Crippen molar-refractivity contribution in [3.8, 4) is 0 Å². The van der Waals surface area contributed by atoms with E-state index in [4.69, 9.17) is 5.73 Å². The normalized spacial score (nSPS) is 17.6. The number of pyridine rings is 2. The van der Waals surface area contributed by atoms with Gasteiger partial charge in [0.2, 0.25) is 5.91 Å². The molecule has 0 unspecified atom stereocenters. The van der Waals surface area contributed by atoms with Gasteiger partial charge in [0.15, 0.2) is 11.6 Å². The lowest BCUT2D eigenvalue weighted by molar-refractivity contribution is -0.156. The average molecular weight is 509 g/mol. The Bertz CT molecular complexity index is 1320. The van der Waals surface area contributed by atoms with Crippen molar-refractivity contribution in [1.82, 2.24) is 20.2 Å². The van der Waals surface area contributed by atoms with E-state index in [-0.39, 0.29) is 24.2 Å². The van der Waals surface area contributed by atoms with Gasteiger partial charge in [-0.05, 0) is 48.7 Å². The first-order valence-electron chi connectivity index (χ1n) is 11.7. The van der Waals surface area contributed by atoms with E-state index in [1.807, 2.05) is 0 Å². The van der Waals surface area contributed by atoms with E-state index in [2.05, 4.69) is 15.3 Å². The van der Waals surface area contributed by atoms with Gasteiger partial charge in [-0.25, -0.2) is 18.6 Å². The smallest absolute Gasteiger partial charge is 0.325 e. The number of likely N-dealkylation sites (N-methyl/N-ethyl adjacent to an activating group) is 1. The predicted molar refractivity (Wildman–Crippen MR) is 132 cm³/mol. The molecule has 0 saturated carbocycles. The molecule has 2 aromatic heterocycles. The molecule has 3 heterocycles. The van der Waals surface area contributed by atoms with Crippen molar-refractivity contribution in [2.24, 2.45) is 5.92 Å². The van der Waals surface area contributed by atoms with Crippen LogP contribution in [0.1, 0.15) is 30.5 Å². The summed E-state index contributed by atoms with van der Waals surface area (Å²) in [6.07, 6.45) is 4.92. The van der Waals surface area contributed by atoms with Crippen LogP contribution in [0.25, 0.3) is 0 Å². The summed E-state index contributed by atoms with van der Waals surface area (Å²) in [5.41, 5.74) is 6.92. The summed E-state index contributed by atoms with van der Waals surface area (Å²) in [7, 11) is 1.54. The minimum absolute atomic E-state index is 0.0515. The lowest BCUT2D eigenvalue weighted by Gasteiger charge is -2.46. The Labute approximate surface area is 212 Å². The van der Waals surface area contributed by atoms with E-state index in [0.29, 0.717) is 11.3 Å². The Morgan fingerprint density at radius 1 is 1.16 bits per heavy atom. The highest BCUT2D eigenvalue weighted by Gasteiger charge is 2.55. The molecule has 4 amide bonds. The van der Waals surface area contributed by atoms with Crippen LogP contribution in [0.4, 0.5) is 25.1 Å². The Morgan fingerprint density at radius 2 is 1.89 bits per heavy atom. The van der Waals surface area contributed by atoms with E-state index in [1.165, 1.54) is 42.7 Å². The average Bonchev–Trinajstić information content (AvgIpc) is 2.90. The second-order valence-electron chi connectivity index (χ2n) is 8.71. The van der Waals surface area contributed by atoms with Crippen LogP contribution in [-0.2, 0) is 16.0 Å². The van der Waals surface area contributed by atoms with Crippen molar-refractivity contribution in [2.75, 3.05) is 17.7 Å². The second-order valence-corrected chi connectivity index (χ2v) is 8.71. The molecule has 1 saturated heterocycles. The zero-order valence-electron chi connectivity index (χ0n) is 20.3. The fourth-order valence-corrected chi connectivity index (χ4v) is 4.43. The Hall–Kier alpha value is -4.41. The monoisotopic (exact) mass is 508 g/mol. The SMILES string of the molecule is CC[C@@H](NC(=O)N1C(=O)[C@H](Cc2ccnc(N)c2)[C@H]1C(=O)N(C)c1ccncc1)c1cccc(F)c1F. The topological polar surface area (TPSA) is 122 Å². The van der Waals surface area contributed by atoms with Crippen molar-refractivity contribution in [3.05, 3.63) is 83.8 Å². The Balaban J connectivity index is 1.61. The van der Waals surface area contributed by atoms with Gasteiger partial charge in [-0.3, -0.25) is 19.5 Å². The molecule has 11 heteroatoms. The molecular formula is C26H26F2N6O3. The van der Waals surface area contributed by atoms with Crippen molar-refractivity contribution in [3.63, 3.8) is 0 Å². The number of benzene rings is 1. The number of amides is 4. The minimum Gasteiger partial charge on any atom is -0.384 e. The first-order chi connectivity index (χ1) is 17.7. The molecule has 1 aliphatic heterocycles. The molecule has 192 valence electrons. The molecule has 4 rings (SSSR count). The van der Waals surface area contributed by atoms with Crippen molar-refractivity contribution < 1.29 is 23.2 Å². The summed E-state index contributed by atoms with van der Waals surface area (Å²) in [6, 6.07) is 7.30. The number of nitrogen functional groups attached to an aromatic ring is 1. The van der Waals surface area contributed by atoms with Crippen LogP contribution in [0.15, 0.2) is 61.1 Å². The lowest BCUT2D eigenvalue weighted by atomic mass is 9.81. The Kier molecular flexibility index (Phi) is 7.42. The fourth-order valence-electron chi connectivity index (χ4n) is 4.43. The molecule has 3 atom stereocenters. The summed E-state index contributed by atoms with van der Waals surface area (Å²) in [5, 5.41) is 2.59. The van der Waals surface area contributed by atoms with Gasteiger partial charge >= 0.3 is 6.03 Å². The largest absolute Gasteiger partial charge is 0.384 e. The highest BCUT2D eigenvalue weighted by molar-refractivity contribution is 6.12. The number of anilines is 2. The zero-order chi connectivity index (χ0) is 26.7. The Morgan fingerprint density at radius 3 is 2.57 bits per heavy atom. The summed E-state index contributed by atoms with van der Waals surface area (Å²) < 4.78 is 28.2. The highest BCUT2D eigenvalue weighted by atomic mass is 19.2. The second kappa shape index (κ2) is 10.7. The zero-order valence-corrected chi connectivity index (χ0v) is 20.3. The summed E-state index contributed by atoms with van der Waals surface area (Å²) in [4.78, 5) is 50.1. The summed E-state index contributed by atoms with van der Waals surface area (Å²) in [6.45, 7) is 1.68. The van der Waals surface area contributed by atoms with Gasteiger partial charge in [0.1, 0.15) is 11.9 Å². The van der Waals surface area contributed by atoms with Gasteiger partial charge in [0.05, 0.1) is 12.0 Å². The minimum atomic E-state index is -1.13. The van der Waals surface area contributed by atoms with Crippen LogP contribution in [0.5, 0.6) is 0 Å². The third-order valence-corrected chi connectivity index (χ3v) is 6.43. The number of rotatable bonds is 7. The quantitative estimate of drug-likeness (QED) is 0.473. The maximum absolute atomic E-state index is 14.4. The van der Waals surface area contributed by atoms with E-state index in [0.717, 1.165) is 11.0 Å². The molecule has 0 radical (unpaired) electrons. The fraction of sp³-hybridized carbons (Fsp3) is 0.269. The molecule has 9 nitrogen and oxygen atoms in total. The highest BCUT2D eigenvalue weighted by Crippen LogP contribution is 2.33. The van der Waals surface area contributed by atoms with Crippen molar-refractivity contribution >= 4 is 29.4 Å². The van der Waals surface area contributed by atoms with E-state index >= 15 is 0 Å². The number of hydrogen-bond donors (Lipinski definition) is 2. The number of β-lactam (4-membered cyclic amide) rings is 1. The molecule has 0 spiro atoms. The first-order valence-corrected chi connectivity index (χ1v) is 11.7. The van der Waals surface area contributed by atoms with Crippen LogP contribution in [0.2, 0.25) is 0 Å². The van der Waals surface area contributed by atoms with Gasteiger partial charge in [-0.15, -0.1) is 0 Å². The molecule has 1 aromatic carbocycles. The molecule has 1 aliphatic rings. The molecule has 3 N–H and O–H groups in total. The number of nitrogens with two attached hydrogens (primary N) is 1. The van der Waals surface area contributed by atoms with Gasteiger partial charge in [-0.2, -0.15) is 0 Å². The number of likely N-dealkylation sites (tertiary alicyclic amines) is 1. The maximum atomic E-state index is 14.4. The number of carbonyl (C=O) groups is 3. The van der Waals surface area contributed by atoms with E-state index in [9.17, 15) is 23.2 Å². The van der Waals surface area contributed by atoms with Gasteiger partial charge < -0.3 is 16.0 Å². The van der Waals surface area contributed by atoms with Crippen LogP contribution in [0, 0.1) is 17.6 Å². The third kappa shape index (κ3) is 5.11. The predicted octanol–water partition coefficient (Wildman–Crippen LogP) is 3.23. The van der Waals surface area contributed by atoms with Gasteiger partial charge in [0.25, 0.3) is 5.91 Å². The standard InChI is InChI=1S/C26H26F2N6O3/c1-3-20(17-5-4-6-19(27)22(17)28)32-26(37)34-23(25(36)33(2)16-8-10-30-11-9-16)18(24(34)35)13-15-7-12-31-21(29)14-15/h4-12,14,18,20,23H,3,13H2,1-2H3,(H2,29,31)(H,32,37)/t18-,20-,23+/m1/s1. The number of urea groups is 1. The van der Waals surface area contributed by atoms with Crippen molar-refractivity contribution in [2.45, 2.75) is 31.8 Å². The van der Waals surface area contributed by atoms with Crippen LogP contribution < -0.4 is 16.0 Å². The van der Waals surface area contributed by atoms with E-state index in [1.54, 1.807) is 31.2 Å². The lowest BCUT2D eigenvalue weighted by Crippen LogP contribution is -2.70. The van der Waals surface area contributed by atoms with Gasteiger partial charge in [0, 0.05) is 36.9 Å². The summed E-state index contributed by atoms with van der Waals surface area (Å²) >= 11 is 0. The third-order valence-electron chi connectivity index (χ3n) is 6.43. The van der Waals surface area contributed by atoms with Crippen LogP contribution in [-0.4, -0.2) is 45.8 Å². The maximum Gasteiger partial charge on any atom is 0.325 e. The van der Waals surface area contributed by atoms with Gasteiger partial charge in [-0.1, -0.05) is 19.1 Å². The molecule has 3 aromatic rings. The number of halogens is 2. The molecule has 0 bridgehead atoms. The molecule has 37 heavy (non-hydrogen) atoms. The molecule has 0 aliphatic carbocycles. The summed E-state index contributed by atoms with van der Waals surface area (Å²) in [5.74, 6) is -3.76. The molecule has 1 fully saturated rings. The van der Waals surface area contributed by atoms with Crippen LogP contribution >= 0.6 is 0 Å². The van der Waals surface area contributed by atoms with E-state index < -0.39 is 47.5 Å². The number of nitrogens with zero attached hydrogens (tertiary/aromatic N) is 4. The van der Waals surface area contributed by atoms with Crippen LogP contribution in [0.3, 0.4) is 0 Å². The first kappa shape index (κ1) is 25.7. The number of carbonyl (C=O) groups excluding carboxylic acids is 3. The number of hydrogen-bond acceptors (Lipinski definition) is 6.